The van der Waals surface area contributed by atoms with Gasteiger partial charge in [0.2, 0.25) is 0 Å². The largest absolute Gasteiger partial charge is 0.481 e. The number of carbonyl (C=O) groups excluding carboxylic acids is 2. The van der Waals surface area contributed by atoms with Crippen LogP contribution in [0.2, 0.25) is 0 Å². The highest BCUT2D eigenvalue weighted by molar-refractivity contribution is 5.97. The van der Waals surface area contributed by atoms with Crippen LogP contribution in [0, 0.1) is 6.92 Å². The third-order valence-corrected chi connectivity index (χ3v) is 5.03. The van der Waals surface area contributed by atoms with E-state index in [9.17, 15) is 9.59 Å². The van der Waals surface area contributed by atoms with E-state index in [1.54, 1.807) is 32.0 Å². The predicted octanol–water partition coefficient (Wildman–Crippen LogP) is 4.46. The van der Waals surface area contributed by atoms with Crippen LogP contribution >= 0.6 is 0 Å². The van der Waals surface area contributed by atoms with Gasteiger partial charge in [-0.25, -0.2) is 4.79 Å². The maximum atomic E-state index is 12.7. The van der Waals surface area contributed by atoms with Gasteiger partial charge in [0.25, 0.3) is 5.91 Å². The lowest BCUT2D eigenvalue weighted by Crippen LogP contribution is -2.31. The lowest BCUT2D eigenvalue weighted by Gasteiger charge is -2.22. The van der Waals surface area contributed by atoms with E-state index >= 15 is 0 Å². The summed E-state index contributed by atoms with van der Waals surface area (Å²) in [5.41, 5.74) is 4.39. The lowest BCUT2D eigenvalue weighted by molar-refractivity contribution is -0.122. The van der Waals surface area contributed by atoms with Gasteiger partial charge in [0.05, 0.1) is 12.2 Å². The van der Waals surface area contributed by atoms with E-state index in [0.29, 0.717) is 17.9 Å². The van der Waals surface area contributed by atoms with Crippen molar-refractivity contribution >= 4 is 17.6 Å². The molecule has 0 aliphatic heterocycles. The van der Waals surface area contributed by atoms with E-state index in [2.05, 4.69) is 11.4 Å². The monoisotopic (exact) mass is 381 g/mol. The van der Waals surface area contributed by atoms with Crippen LogP contribution in [0.5, 0.6) is 5.75 Å². The van der Waals surface area contributed by atoms with E-state index in [0.717, 1.165) is 30.6 Å². The second-order valence-electron chi connectivity index (χ2n) is 7.10. The van der Waals surface area contributed by atoms with Gasteiger partial charge in [0.15, 0.2) is 6.10 Å². The van der Waals surface area contributed by atoms with Crippen LogP contribution in [0.3, 0.4) is 0 Å². The Morgan fingerprint density at radius 1 is 1.14 bits per heavy atom. The van der Waals surface area contributed by atoms with Crippen LogP contribution in [0.25, 0.3) is 0 Å². The first-order valence-electron chi connectivity index (χ1n) is 9.85. The van der Waals surface area contributed by atoms with E-state index < -0.39 is 12.1 Å². The van der Waals surface area contributed by atoms with Gasteiger partial charge < -0.3 is 14.8 Å². The van der Waals surface area contributed by atoms with Gasteiger partial charge in [-0.05, 0) is 81.3 Å². The molecular weight excluding hydrogens is 354 g/mol. The molecule has 0 spiro atoms. The van der Waals surface area contributed by atoms with E-state index in [1.165, 1.54) is 17.5 Å². The number of ether oxygens (including phenoxy) is 2. The highest BCUT2D eigenvalue weighted by Gasteiger charge is 2.20. The zero-order valence-corrected chi connectivity index (χ0v) is 16.7. The van der Waals surface area contributed by atoms with Crippen LogP contribution in [0.1, 0.15) is 53.7 Å². The van der Waals surface area contributed by atoms with Gasteiger partial charge in [0, 0.05) is 5.69 Å². The first-order chi connectivity index (χ1) is 13.5. The van der Waals surface area contributed by atoms with Gasteiger partial charge in [0.1, 0.15) is 5.75 Å². The third kappa shape index (κ3) is 4.53. The van der Waals surface area contributed by atoms with Crippen LogP contribution in [-0.4, -0.2) is 24.6 Å². The Morgan fingerprint density at radius 2 is 1.93 bits per heavy atom. The molecule has 2 aromatic rings. The number of rotatable bonds is 6. The van der Waals surface area contributed by atoms with E-state index in [1.807, 2.05) is 19.1 Å². The van der Waals surface area contributed by atoms with Crippen molar-refractivity contribution in [2.24, 2.45) is 0 Å². The quantitative estimate of drug-likeness (QED) is 0.751. The van der Waals surface area contributed by atoms with Crippen LogP contribution in [-0.2, 0) is 22.4 Å². The summed E-state index contributed by atoms with van der Waals surface area (Å²) in [5.74, 6) is 0.132. The van der Waals surface area contributed by atoms with Crippen molar-refractivity contribution in [2.45, 2.75) is 52.6 Å². The number of carbonyl (C=O) groups is 2. The molecule has 1 aliphatic carbocycles. The number of hydrogen-bond acceptors (Lipinski definition) is 4. The molecule has 0 radical (unpaired) electrons. The molecule has 1 N–H and O–H groups in total. The van der Waals surface area contributed by atoms with Gasteiger partial charge in [-0.1, -0.05) is 18.2 Å². The first-order valence-corrected chi connectivity index (χ1v) is 9.85. The van der Waals surface area contributed by atoms with E-state index in [-0.39, 0.29) is 5.91 Å². The number of nitrogens with one attached hydrogen (secondary N) is 1. The Balaban J connectivity index is 1.71. The molecule has 148 valence electrons. The fourth-order valence-corrected chi connectivity index (χ4v) is 3.43. The minimum Gasteiger partial charge on any atom is -0.481 e. The van der Waals surface area contributed by atoms with Crippen LogP contribution in [0.15, 0.2) is 36.4 Å². The van der Waals surface area contributed by atoms with Crippen molar-refractivity contribution in [3.63, 3.8) is 0 Å². The average Bonchev–Trinajstić information content (AvgIpc) is 2.70. The minimum atomic E-state index is -0.654. The van der Waals surface area contributed by atoms with Crippen molar-refractivity contribution in [3.05, 3.63) is 58.7 Å². The van der Waals surface area contributed by atoms with E-state index in [4.69, 9.17) is 9.47 Å². The maximum Gasteiger partial charge on any atom is 0.338 e. The zero-order valence-electron chi connectivity index (χ0n) is 16.7. The van der Waals surface area contributed by atoms with Crippen LogP contribution < -0.4 is 10.1 Å². The van der Waals surface area contributed by atoms with Gasteiger partial charge >= 0.3 is 5.97 Å². The summed E-state index contributed by atoms with van der Waals surface area (Å²) in [4.78, 5) is 24.6. The van der Waals surface area contributed by atoms with Gasteiger partial charge in [-0.3, -0.25) is 4.79 Å². The molecule has 1 amide bonds. The second kappa shape index (κ2) is 8.91. The molecule has 5 heteroatoms. The summed E-state index contributed by atoms with van der Waals surface area (Å²) in [6.45, 7) is 5.68. The number of benzene rings is 2. The summed E-state index contributed by atoms with van der Waals surface area (Å²) >= 11 is 0. The highest BCUT2D eigenvalue weighted by atomic mass is 16.5. The van der Waals surface area contributed by atoms with Crippen molar-refractivity contribution < 1.29 is 19.1 Å². The number of hydrogen-bond donors (Lipinski definition) is 1. The topological polar surface area (TPSA) is 64.6 Å². The van der Waals surface area contributed by atoms with Crippen molar-refractivity contribution in [3.8, 4) is 5.75 Å². The summed E-state index contributed by atoms with van der Waals surface area (Å²) in [7, 11) is 0. The summed E-state index contributed by atoms with van der Waals surface area (Å²) in [6, 6.07) is 11.2. The molecule has 1 atom stereocenters. The Morgan fingerprint density at radius 3 is 2.71 bits per heavy atom. The lowest BCUT2D eigenvalue weighted by atomic mass is 9.91. The number of aryl methyl sites for hydroxylation is 2. The molecule has 2 aromatic carbocycles. The molecule has 0 fully saturated rings. The SMILES string of the molecule is CCOC(=O)c1ccc(C)c(NC(=O)[C@@H](C)Oc2cccc3c2CCCC3)c1. The molecule has 0 saturated heterocycles. The van der Waals surface area contributed by atoms with Crippen molar-refractivity contribution in [2.75, 3.05) is 11.9 Å². The smallest absolute Gasteiger partial charge is 0.338 e. The molecule has 0 aromatic heterocycles. The molecule has 0 bridgehead atoms. The standard InChI is InChI=1S/C23H27NO4/c1-4-27-23(26)18-13-12-15(2)20(14-18)24-22(25)16(3)28-21-11-7-9-17-8-5-6-10-19(17)21/h7,9,11-14,16H,4-6,8,10H2,1-3H3,(H,24,25)/t16-/m1/s1. The molecule has 0 saturated carbocycles. The number of fused-ring (bicyclic) bond motifs is 1. The predicted molar refractivity (Wildman–Crippen MR) is 109 cm³/mol. The van der Waals surface area contributed by atoms with Crippen LogP contribution in [0.4, 0.5) is 5.69 Å². The Bertz CT molecular complexity index is 875. The molecule has 5 nitrogen and oxygen atoms in total. The Kier molecular flexibility index (Phi) is 6.34. The van der Waals surface area contributed by atoms with Crippen molar-refractivity contribution in [1.29, 1.82) is 0 Å². The molecular formula is C23H27NO4. The highest BCUT2D eigenvalue weighted by Crippen LogP contribution is 2.30. The normalized spacial score (nSPS) is 14.0. The fourth-order valence-electron chi connectivity index (χ4n) is 3.43. The van der Waals surface area contributed by atoms with Crippen molar-refractivity contribution in [1.82, 2.24) is 0 Å². The zero-order chi connectivity index (χ0) is 20.1. The molecule has 28 heavy (non-hydrogen) atoms. The molecule has 0 heterocycles. The van der Waals surface area contributed by atoms with Gasteiger partial charge in [-0.2, -0.15) is 0 Å². The first kappa shape index (κ1) is 19.9. The second-order valence-corrected chi connectivity index (χ2v) is 7.10. The number of amides is 1. The van der Waals surface area contributed by atoms with Gasteiger partial charge in [-0.15, -0.1) is 0 Å². The molecule has 1 aliphatic rings. The summed E-state index contributed by atoms with van der Waals surface area (Å²) < 4.78 is 11.0. The fraction of sp³-hybridized carbons (Fsp3) is 0.391. The minimum absolute atomic E-state index is 0.252. The number of anilines is 1. The average molecular weight is 381 g/mol. The summed E-state index contributed by atoms with van der Waals surface area (Å²) in [5, 5.41) is 2.88. The molecule has 0 unspecified atom stereocenters. The summed E-state index contributed by atoms with van der Waals surface area (Å²) in [6.07, 6.45) is 3.74. The Hall–Kier alpha value is -2.82. The third-order valence-electron chi connectivity index (χ3n) is 5.03. The Labute approximate surface area is 166 Å². The number of esters is 1. The maximum absolute atomic E-state index is 12.7. The molecule has 3 rings (SSSR count).